The molecule has 3 aliphatic rings. The summed E-state index contributed by atoms with van der Waals surface area (Å²) in [5, 5.41) is 10.3. The molecule has 196 valence electrons. The second-order valence-corrected chi connectivity index (χ2v) is 10.6. The van der Waals surface area contributed by atoms with Crippen molar-refractivity contribution in [1.29, 1.82) is 1.43 Å². The number of nitrogens with one attached hydrogen (secondary N) is 2. The molecule has 0 aromatic carbocycles. The van der Waals surface area contributed by atoms with E-state index in [2.05, 4.69) is 10.6 Å². The average Bonchev–Trinajstić information content (AvgIpc) is 3.31. The van der Waals surface area contributed by atoms with Crippen LogP contribution in [0, 0.1) is 5.92 Å². The minimum absolute atomic E-state index is 0.0304. The Hall–Kier alpha value is -2.62. The van der Waals surface area contributed by atoms with Crippen LogP contribution in [0.15, 0.2) is 12.2 Å². The number of ether oxygens (including phenoxy) is 2. The van der Waals surface area contributed by atoms with Gasteiger partial charge in [0.15, 0.2) is 0 Å². The fourth-order valence-electron chi connectivity index (χ4n) is 4.76. The number of hydrogen-bond donors (Lipinski definition) is 3. The quantitative estimate of drug-likeness (QED) is 0.400. The summed E-state index contributed by atoms with van der Waals surface area (Å²) in [4.78, 5) is 53.7. The molecule has 1 unspecified atom stereocenters. The number of aliphatic hydroxyl groups excluding tert-OH is 1. The SMILES string of the molecule is [3H]O[C@@H]1C[C@H]2C(=O)N[C@]3(C(=O)OCC)CC3/C=C\CCCCC[C@H](NC(=O)OC(C)(C)C)C(=O)N2C1. The van der Waals surface area contributed by atoms with Crippen LogP contribution in [0.3, 0.4) is 0 Å². The summed E-state index contributed by atoms with van der Waals surface area (Å²) in [7, 11) is 0. The Labute approximate surface area is 208 Å². The lowest BCUT2D eigenvalue weighted by Crippen LogP contribution is -2.56. The van der Waals surface area contributed by atoms with Gasteiger partial charge in [0.25, 0.3) is 0 Å². The first-order chi connectivity index (χ1) is 17.0. The van der Waals surface area contributed by atoms with Crippen molar-refractivity contribution in [1.82, 2.24) is 15.5 Å². The number of esters is 1. The molecule has 0 radical (unpaired) electrons. The van der Waals surface area contributed by atoms with Crippen LogP contribution in [-0.2, 0) is 23.9 Å². The van der Waals surface area contributed by atoms with Gasteiger partial charge < -0.3 is 30.1 Å². The number of alkyl carbamates (subject to hydrolysis) is 1. The summed E-state index contributed by atoms with van der Waals surface area (Å²) < 4.78 is 18.0. The van der Waals surface area contributed by atoms with E-state index in [1.54, 1.807) is 27.7 Å². The van der Waals surface area contributed by atoms with Crippen LogP contribution in [0.2, 0.25) is 0 Å². The van der Waals surface area contributed by atoms with E-state index in [0.717, 1.165) is 19.3 Å². The fourth-order valence-corrected chi connectivity index (χ4v) is 4.76. The van der Waals surface area contributed by atoms with Crippen LogP contribution in [0.5, 0.6) is 0 Å². The van der Waals surface area contributed by atoms with Crippen LogP contribution in [0.1, 0.15) is 72.6 Å². The molecule has 0 aromatic rings. The normalized spacial score (nSPS) is 33.1. The standard InChI is InChI=1S/C25H39N3O7/c1-5-34-22(32)25-14-16(25)11-9-7-6-8-10-12-18(26-23(33)35-24(2,3)4)21(31)28-15-17(29)13-19(28)20(30)27-25/h9,11,16-19,29H,5-8,10,12-15H2,1-4H3,(H,26,33)(H,27,30)/b11-9-/t16?,17-,18+,19+,25-/m1/s1/i29T. The summed E-state index contributed by atoms with van der Waals surface area (Å²) in [6, 6.07) is -1.84. The largest absolute Gasteiger partial charge is 0.464 e. The van der Waals surface area contributed by atoms with Gasteiger partial charge in [-0.15, -0.1) is 0 Å². The van der Waals surface area contributed by atoms with Gasteiger partial charge in [-0.2, -0.15) is 0 Å². The summed E-state index contributed by atoms with van der Waals surface area (Å²) in [6.07, 6.45) is 6.74. The Bertz CT molecular complexity index is 874. The highest BCUT2D eigenvalue weighted by atomic mass is 16.6. The maximum absolute atomic E-state index is 13.6. The maximum Gasteiger partial charge on any atom is 0.408 e. The molecule has 0 spiro atoms. The summed E-state index contributed by atoms with van der Waals surface area (Å²) >= 11 is 0. The molecule has 0 bridgehead atoms. The van der Waals surface area contributed by atoms with Crippen molar-refractivity contribution in [2.24, 2.45) is 5.92 Å². The third kappa shape index (κ3) is 6.74. The fraction of sp³-hybridized carbons (Fsp3) is 0.760. The van der Waals surface area contributed by atoms with Gasteiger partial charge in [-0.25, -0.2) is 9.59 Å². The second kappa shape index (κ2) is 11.0. The van der Waals surface area contributed by atoms with Crippen molar-refractivity contribution in [3.8, 4) is 0 Å². The number of fused-ring (bicyclic) bond motifs is 2. The van der Waals surface area contributed by atoms with Gasteiger partial charge in [-0.1, -0.05) is 25.0 Å². The molecule has 35 heavy (non-hydrogen) atoms. The number of rotatable bonds is 4. The number of nitrogens with zero attached hydrogens (tertiary/aromatic N) is 1. The number of carbonyl (C=O) groups excluding carboxylic acids is 4. The maximum atomic E-state index is 13.6. The zero-order chi connectivity index (χ0) is 26.5. The van der Waals surface area contributed by atoms with Gasteiger partial charge in [0.1, 0.15) is 23.2 Å². The number of aliphatic hydroxyl groups is 1. The van der Waals surface area contributed by atoms with E-state index in [1.807, 2.05) is 12.2 Å². The Kier molecular flexibility index (Phi) is 7.98. The highest BCUT2D eigenvalue weighted by Crippen LogP contribution is 2.46. The van der Waals surface area contributed by atoms with E-state index in [1.165, 1.54) is 4.90 Å². The van der Waals surface area contributed by atoms with Gasteiger partial charge in [-0.3, -0.25) is 9.59 Å². The summed E-state index contributed by atoms with van der Waals surface area (Å²) in [6.45, 7) is 7.14. The van der Waals surface area contributed by atoms with Crippen LogP contribution in [0.4, 0.5) is 4.79 Å². The summed E-state index contributed by atoms with van der Waals surface area (Å²) in [5.41, 5.74) is -1.89. The van der Waals surface area contributed by atoms with E-state index in [-0.39, 0.29) is 25.5 Å². The first-order valence-corrected chi connectivity index (χ1v) is 12.6. The molecule has 2 aliphatic heterocycles. The van der Waals surface area contributed by atoms with Gasteiger partial charge >= 0.3 is 12.1 Å². The van der Waals surface area contributed by atoms with E-state index >= 15 is 0 Å². The molecule has 1 saturated heterocycles. The molecule has 10 heteroatoms. The van der Waals surface area contributed by atoms with Crippen molar-refractivity contribution in [2.75, 3.05) is 13.2 Å². The number of amides is 3. The molecule has 3 rings (SSSR count). The van der Waals surface area contributed by atoms with E-state index in [0.29, 0.717) is 19.3 Å². The highest BCUT2D eigenvalue weighted by Gasteiger charge is 2.62. The van der Waals surface area contributed by atoms with Crippen molar-refractivity contribution in [3.63, 3.8) is 0 Å². The predicted octanol–water partition coefficient (Wildman–Crippen LogP) is 1.80. The van der Waals surface area contributed by atoms with E-state index < -0.39 is 53.2 Å². The lowest BCUT2D eigenvalue weighted by molar-refractivity contribution is -0.150. The molecule has 3 amide bonds. The van der Waals surface area contributed by atoms with E-state index in [9.17, 15) is 19.2 Å². The minimum Gasteiger partial charge on any atom is -0.464 e. The molecular weight excluding hydrogens is 454 g/mol. The van der Waals surface area contributed by atoms with Crippen molar-refractivity contribution in [3.05, 3.63) is 12.2 Å². The molecule has 5 atom stereocenters. The first-order valence-electron chi connectivity index (χ1n) is 13.0. The first kappa shape index (κ1) is 25.5. The zero-order valence-corrected chi connectivity index (χ0v) is 21.1. The van der Waals surface area contributed by atoms with Crippen LogP contribution >= 0.6 is 0 Å². The average molecular weight is 496 g/mol. The zero-order valence-electron chi connectivity index (χ0n) is 22.1. The number of hydrogen-bond acceptors (Lipinski definition) is 7. The molecular formula is C25H39N3O7. The van der Waals surface area contributed by atoms with Gasteiger partial charge in [0.05, 0.1) is 12.7 Å². The highest BCUT2D eigenvalue weighted by molar-refractivity contribution is 5.96. The molecule has 2 fully saturated rings. The predicted molar refractivity (Wildman–Crippen MR) is 127 cm³/mol. The molecule has 2 heterocycles. The lowest BCUT2D eigenvalue weighted by atomic mass is 10.0. The van der Waals surface area contributed by atoms with Crippen molar-refractivity contribution >= 4 is 23.9 Å². The Balaban J connectivity index is 1.86. The molecule has 1 aliphatic carbocycles. The lowest BCUT2D eigenvalue weighted by Gasteiger charge is -2.30. The van der Waals surface area contributed by atoms with Crippen LogP contribution in [0.25, 0.3) is 0 Å². The Morgan fingerprint density at radius 1 is 1.31 bits per heavy atom. The van der Waals surface area contributed by atoms with Crippen molar-refractivity contribution in [2.45, 2.75) is 102 Å². The molecule has 0 aromatic heterocycles. The summed E-state index contributed by atoms with van der Waals surface area (Å²) in [5.74, 6) is -1.62. The third-order valence-electron chi connectivity index (χ3n) is 6.57. The Morgan fingerprint density at radius 3 is 2.77 bits per heavy atom. The number of carbonyl (C=O) groups is 4. The van der Waals surface area contributed by atoms with Crippen molar-refractivity contribution < 1.29 is 33.8 Å². The molecule has 1 saturated carbocycles. The van der Waals surface area contributed by atoms with Gasteiger partial charge in [-0.05, 0) is 53.4 Å². The van der Waals surface area contributed by atoms with Crippen LogP contribution in [-0.4, -0.2) is 77.8 Å². The molecule has 3 N–H and O–H groups in total. The third-order valence-corrected chi connectivity index (χ3v) is 6.57. The van der Waals surface area contributed by atoms with Gasteiger partial charge in [0.2, 0.25) is 13.2 Å². The Morgan fingerprint density at radius 2 is 2.09 bits per heavy atom. The second-order valence-electron chi connectivity index (χ2n) is 10.6. The monoisotopic (exact) mass is 495 g/mol. The topological polar surface area (TPSA) is 134 Å². The number of allylic oxidation sites excluding steroid dienone is 1. The molecule has 10 nitrogen and oxygen atoms in total. The van der Waals surface area contributed by atoms with E-state index in [4.69, 9.17) is 16.0 Å². The van der Waals surface area contributed by atoms with Crippen LogP contribution < -0.4 is 10.6 Å². The minimum atomic E-state index is -1.16. The van der Waals surface area contributed by atoms with Gasteiger partial charge in [0, 0.05) is 18.9 Å². The smallest absolute Gasteiger partial charge is 0.408 e.